The highest BCUT2D eigenvalue weighted by Crippen LogP contribution is 2.21. The normalized spacial score (nSPS) is 10.7. The molecule has 0 saturated heterocycles. The van der Waals surface area contributed by atoms with Crippen LogP contribution in [0.3, 0.4) is 0 Å². The quantitative estimate of drug-likeness (QED) is 0.792. The van der Waals surface area contributed by atoms with Crippen molar-refractivity contribution >= 4 is 11.3 Å². The first-order chi connectivity index (χ1) is 9.76. The second-order valence-electron chi connectivity index (χ2n) is 4.40. The lowest BCUT2D eigenvalue weighted by molar-refractivity contribution is 0.386. The van der Waals surface area contributed by atoms with E-state index in [4.69, 9.17) is 4.74 Å². The van der Waals surface area contributed by atoms with Crippen LogP contribution in [0.25, 0.3) is 5.65 Å². The highest BCUT2D eigenvalue weighted by molar-refractivity contribution is 5.48. The van der Waals surface area contributed by atoms with E-state index in [1.54, 1.807) is 12.1 Å². The second kappa shape index (κ2) is 5.21. The Morgan fingerprint density at radius 1 is 1.30 bits per heavy atom. The summed E-state index contributed by atoms with van der Waals surface area (Å²) in [4.78, 5) is 4.47. The van der Waals surface area contributed by atoms with Gasteiger partial charge in [0.25, 0.3) is 0 Å². The van der Waals surface area contributed by atoms with Gasteiger partial charge in [-0.25, -0.2) is 9.37 Å². The lowest BCUT2D eigenvalue weighted by Crippen LogP contribution is -2.00. The molecule has 4 nitrogen and oxygen atoms in total. The van der Waals surface area contributed by atoms with Gasteiger partial charge < -0.3 is 14.5 Å². The van der Waals surface area contributed by atoms with Gasteiger partial charge in [-0.15, -0.1) is 0 Å². The fourth-order valence-corrected chi connectivity index (χ4v) is 2.04. The van der Waals surface area contributed by atoms with Gasteiger partial charge in [-0.2, -0.15) is 0 Å². The highest BCUT2D eigenvalue weighted by atomic mass is 19.1. The van der Waals surface area contributed by atoms with Crippen LogP contribution in [0, 0.1) is 5.82 Å². The molecule has 0 amide bonds. The van der Waals surface area contributed by atoms with Gasteiger partial charge in [0.1, 0.15) is 5.65 Å². The van der Waals surface area contributed by atoms with Crippen molar-refractivity contribution in [1.82, 2.24) is 9.38 Å². The fourth-order valence-electron chi connectivity index (χ4n) is 2.04. The maximum atomic E-state index is 13.6. The van der Waals surface area contributed by atoms with Crippen LogP contribution in [0.1, 0.15) is 5.69 Å². The molecule has 0 radical (unpaired) electrons. The average molecular weight is 271 g/mol. The van der Waals surface area contributed by atoms with Crippen molar-refractivity contribution in [2.75, 3.05) is 12.4 Å². The molecule has 1 N–H and O–H groups in total. The Morgan fingerprint density at radius 3 is 2.95 bits per heavy atom. The number of methoxy groups -OCH3 is 1. The Balaban J connectivity index is 1.74. The summed E-state index contributed by atoms with van der Waals surface area (Å²) >= 11 is 0. The van der Waals surface area contributed by atoms with Crippen LogP contribution in [0.5, 0.6) is 5.75 Å². The van der Waals surface area contributed by atoms with Crippen LogP contribution in [-0.2, 0) is 6.54 Å². The number of imidazole rings is 1. The number of nitrogens with one attached hydrogen (secondary N) is 1. The molecule has 2 heterocycles. The van der Waals surface area contributed by atoms with Gasteiger partial charge in [-0.3, -0.25) is 0 Å². The van der Waals surface area contributed by atoms with Crippen molar-refractivity contribution in [1.29, 1.82) is 0 Å². The van der Waals surface area contributed by atoms with Crippen LogP contribution >= 0.6 is 0 Å². The number of nitrogens with zero attached hydrogens (tertiary/aromatic N) is 2. The predicted octanol–water partition coefficient (Wildman–Crippen LogP) is 3.09. The second-order valence-corrected chi connectivity index (χ2v) is 4.40. The first-order valence-corrected chi connectivity index (χ1v) is 6.26. The van der Waals surface area contributed by atoms with Gasteiger partial charge in [-0.1, -0.05) is 6.07 Å². The zero-order valence-corrected chi connectivity index (χ0v) is 11.0. The molecule has 0 saturated carbocycles. The van der Waals surface area contributed by atoms with Crippen LogP contribution in [0.4, 0.5) is 10.1 Å². The molecule has 0 aliphatic carbocycles. The summed E-state index contributed by atoms with van der Waals surface area (Å²) in [7, 11) is 1.45. The topological polar surface area (TPSA) is 38.6 Å². The standard InChI is InChI=1S/C15H14FN3O/c1-20-14-6-5-11(8-13(14)16)17-9-12-10-19-7-3-2-4-15(19)18-12/h2-8,10,17H,9H2,1H3. The van der Waals surface area contributed by atoms with E-state index in [2.05, 4.69) is 10.3 Å². The number of hydrogen-bond acceptors (Lipinski definition) is 3. The number of fused-ring (bicyclic) bond motifs is 1. The predicted molar refractivity (Wildman–Crippen MR) is 75.5 cm³/mol. The largest absolute Gasteiger partial charge is 0.494 e. The molecule has 102 valence electrons. The summed E-state index contributed by atoms with van der Waals surface area (Å²) < 4.78 is 20.4. The number of pyridine rings is 1. The molecule has 0 aliphatic rings. The summed E-state index contributed by atoms with van der Waals surface area (Å²) in [6.07, 6.45) is 3.89. The van der Waals surface area contributed by atoms with E-state index in [-0.39, 0.29) is 11.6 Å². The van der Waals surface area contributed by atoms with E-state index < -0.39 is 0 Å². The summed E-state index contributed by atoms with van der Waals surface area (Å²) in [5, 5.41) is 3.14. The van der Waals surface area contributed by atoms with Gasteiger partial charge in [0.05, 0.1) is 19.3 Å². The summed E-state index contributed by atoms with van der Waals surface area (Å²) in [6.45, 7) is 0.535. The number of hydrogen-bond donors (Lipinski definition) is 1. The van der Waals surface area contributed by atoms with Crippen molar-refractivity contribution in [3.8, 4) is 5.75 Å². The van der Waals surface area contributed by atoms with Crippen LogP contribution in [0.15, 0.2) is 48.8 Å². The smallest absolute Gasteiger partial charge is 0.167 e. The third kappa shape index (κ3) is 2.42. The number of rotatable bonds is 4. The van der Waals surface area contributed by atoms with Crippen LogP contribution in [0.2, 0.25) is 0 Å². The van der Waals surface area contributed by atoms with E-state index in [9.17, 15) is 4.39 Å². The van der Waals surface area contributed by atoms with E-state index in [0.717, 1.165) is 11.3 Å². The number of benzene rings is 1. The highest BCUT2D eigenvalue weighted by Gasteiger charge is 2.04. The molecule has 3 rings (SSSR count). The van der Waals surface area contributed by atoms with Crippen molar-refractivity contribution in [3.63, 3.8) is 0 Å². The Morgan fingerprint density at radius 2 is 2.20 bits per heavy atom. The molecular weight excluding hydrogens is 257 g/mol. The maximum absolute atomic E-state index is 13.6. The monoisotopic (exact) mass is 271 g/mol. The molecule has 20 heavy (non-hydrogen) atoms. The lowest BCUT2D eigenvalue weighted by atomic mass is 10.3. The third-order valence-corrected chi connectivity index (χ3v) is 3.04. The van der Waals surface area contributed by atoms with Gasteiger partial charge in [-0.05, 0) is 24.3 Å². The molecule has 0 spiro atoms. The number of ether oxygens (including phenoxy) is 1. The molecule has 0 fully saturated rings. The minimum absolute atomic E-state index is 0.239. The van der Waals surface area contributed by atoms with E-state index in [1.165, 1.54) is 13.2 Å². The van der Waals surface area contributed by atoms with E-state index in [1.807, 2.05) is 35.0 Å². The lowest BCUT2D eigenvalue weighted by Gasteiger charge is -2.06. The van der Waals surface area contributed by atoms with Crippen molar-refractivity contribution in [2.24, 2.45) is 0 Å². The summed E-state index contributed by atoms with van der Waals surface area (Å²) in [6, 6.07) is 10.6. The molecule has 3 aromatic rings. The van der Waals surface area contributed by atoms with Gasteiger partial charge >= 0.3 is 0 Å². The molecule has 0 unspecified atom stereocenters. The number of anilines is 1. The Bertz CT molecular complexity index is 706. The van der Waals surface area contributed by atoms with Crippen molar-refractivity contribution in [2.45, 2.75) is 6.54 Å². The van der Waals surface area contributed by atoms with E-state index in [0.29, 0.717) is 12.2 Å². The van der Waals surface area contributed by atoms with Crippen molar-refractivity contribution in [3.05, 3.63) is 60.3 Å². The third-order valence-electron chi connectivity index (χ3n) is 3.04. The zero-order chi connectivity index (χ0) is 13.9. The SMILES string of the molecule is COc1ccc(NCc2cn3ccccc3n2)cc1F. The minimum Gasteiger partial charge on any atom is -0.494 e. The molecule has 0 atom stereocenters. The number of halogens is 1. The fraction of sp³-hybridized carbons (Fsp3) is 0.133. The van der Waals surface area contributed by atoms with Gasteiger partial charge in [0.2, 0.25) is 0 Å². The molecule has 5 heteroatoms. The first-order valence-electron chi connectivity index (χ1n) is 6.26. The molecular formula is C15H14FN3O. The van der Waals surface area contributed by atoms with E-state index >= 15 is 0 Å². The van der Waals surface area contributed by atoms with Gasteiger partial charge in [0.15, 0.2) is 11.6 Å². The van der Waals surface area contributed by atoms with Gasteiger partial charge in [0, 0.05) is 24.1 Å². The Hall–Kier alpha value is -2.56. The molecule has 2 aromatic heterocycles. The first kappa shape index (κ1) is 12.5. The summed E-state index contributed by atoms with van der Waals surface area (Å²) in [5.41, 5.74) is 2.48. The zero-order valence-electron chi connectivity index (χ0n) is 11.0. The maximum Gasteiger partial charge on any atom is 0.167 e. The minimum atomic E-state index is -0.382. The Labute approximate surface area is 115 Å². The van der Waals surface area contributed by atoms with Crippen LogP contribution < -0.4 is 10.1 Å². The summed E-state index contributed by atoms with van der Waals surface area (Å²) in [5.74, 6) is -0.143. The molecule has 1 aromatic carbocycles. The molecule has 0 bridgehead atoms. The van der Waals surface area contributed by atoms with Crippen molar-refractivity contribution < 1.29 is 9.13 Å². The number of aromatic nitrogens is 2. The average Bonchev–Trinajstić information content (AvgIpc) is 2.88. The Kier molecular flexibility index (Phi) is 3.25. The van der Waals surface area contributed by atoms with Crippen LogP contribution in [-0.4, -0.2) is 16.5 Å². The molecule has 0 aliphatic heterocycles.